The molecule has 2 aromatic carbocycles. The fourth-order valence-electron chi connectivity index (χ4n) is 2.46. The van der Waals surface area contributed by atoms with Crippen LogP contribution in [0.1, 0.15) is 5.56 Å². The molecular weight excluding hydrogens is 296 g/mol. The maximum atomic E-state index is 4.64. The maximum absolute atomic E-state index is 4.64. The Balaban J connectivity index is 1.78. The van der Waals surface area contributed by atoms with Gasteiger partial charge in [-0.05, 0) is 12.0 Å². The van der Waals surface area contributed by atoms with Crippen molar-refractivity contribution in [3.8, 4) is 11.3 Å². The molecule has 24 heavy (non-hydrogen) atoms. The molecule has 1 heterocycles. The lowest BCUT2D eigenvalue weighted by molar-refractivity contribution is 0.971. The van der Waals surface area contributed by atoms with E-state index in [4.69, 9.17) is 0 Å². The Labute approximate surface area is 143 Å². The molecule has 0 aliphatic rings. The highest BCUT2D eigenvalue weighted by molar-refractivity contribution is 5.64. The van der Waals surface area contributed by atoms with Gasteiger partial charge in [-0.15, -0.1) is 0 Å². The largest absolute Gasteiger partial charge is 0.370 e. The Hall–Kier alpha value is -2.88. The van der Waals surface area contributed by atoms with Gasteiger partial charge in [0.2, 0.25) is 5.95 Å². The summed E-state index contributed by atoms with van der Waals surface area (Å²) in [5, 5.41) is 3.42. The van der Waals surface area contributed by atoms with Gasteiger partial charge >= 0.3 is 0 Å². The predicted octanol–water partition coefficient (Wildman–Crippen LogP) is 3.86. The van der Waals surface area contributed by atoms with Crippen LogP contribution in [0.2, 0.25) is 0 Å². The van der Waals surface area contributed by atoms with E-state index in [0.29, 0.717) is 5.95 Å². The van der Waals surface area contributed by atoms with Crippen LogP contribution in [0.5, 0.6) is 0 Å². The van der Waals surface area contributed by atoms with Gasteiger partial charge in [0.05, 0.1) is 5.69 Å². The highest BCUT2D eigenvalue weighted by atomic mass is 15.2. The van der Waals surface area contributed by atoms with Crippen LogP contribution >= 0.6 is 0 Å². The molecule has 1 aromatic heterocycles. The van der Waals surface area contributed by atoms with Crippen LogP contribution in [0.15, 0.2) is 66.7 Å². The normalized spacial score (nSPS) is 10.4. The molecule has 0 bridgehead atoms. The van der Waals surface area contributed by atoms with Crippen LogP contribution in [-0.2, 0) is 6.42 Å². The van der Waals surface area contributed by atoms with E-state index in [1.807, 2.05) is 49.3 Å². The molecule has 4 nitrogen and oxygen atoms in total. The summed E-state index contributed by atoms with van der Waals surface area (Å²) >= 11 is 0. The average molecular weight is 318 g/mol. The van der Waals surface area contributed by atoms with Crippen molar-refractivity contribution in [1.29, 1.82) is 0 Å². The number of nitrogens with zero attached hydrogens (tertiary/aromatic N) is 3. The summed E-state index contributed by atoms with van der Waals surface area (Å²) in [7, 11) is 3.91. The summed E-state index contributed by atoms with van der Waals surface area (Å²) in [6.07, 6.45) is 0.961. The summed E-state index contributed by atoms with van der Waals surface area (Å²) in [6, 6.07) is 22.6. The van der Waals surface area contributed by atoms with Crippen LogP contribution in [0.3, 0.4) is 0 Å². The molecule has 3 rings (SSSR count). The van der Waals surface area contributed by atoms with Gasteiger partial charge in [0.25, 0.3) is 0 Å². The van der Waals surface area contributed by atoms with E-state index < -0.39 is 0 Å². The van der Waals surface area contributed by atoms with Gasteiger partial charge in [0.15, 0.2) is 0 Å². The minimum Gasteiger partial charge on any atom is -0.370 e. The number of nitrogens with one attached hydrogen (secondary N) is 1. The van der Waals surface area contributed by atoms with Crippen molar-refractivity contribution in [1.82, 2.24) is 9.97 Å². The average Bonchev–Trinajstić information content (AvgIpc) is 2.63. The first-order valence-corrected chi connectivity index (χ1v) is 8.12. The monoisotopic (exact) mass is 318 g/mol. The second-order valence-electron chi connectivity index (χ2n) is 5.86. The van der Waals surface area contributed by atoms with Crippen LogP contribution in [-0.4, -0.2) is 30.6 Å². The topological polar surface area (TPSA) is 41.1 Å². The first-order valence-electron chi connectivity index (χ1n) is 8.12. The lowest BCUT2D eigenvalue weighted by atomic mass is 10.1. The number of hydrogen-bond acceptors (Lipinski definition) is 4. The highest BCUT2D eigenvalue weighted by Crippen LogP contribution is 2.22. The summed E-state index contributed by atoms with van der Waals surface area (Å²) in [4.78, 5) is 11.2. The molecule has 122 valence electrons. The Morgan fingerprint density at radius 1 is 0.875 bits per heavy atom. The van der Waals surface area contributed by atoms with Gasteiger partial charge in [0, 0.05) is 32.3 Å². The minimum absolute atomic E-state index is 0.707. The number of anilines is 2. The molecule has 0 aliphatic carbocycles. The van der Waals surface area contributed by atoms with E-state index in [2.05, 4.69) is 51.7 Å². The van der Waals surface area contributed by atoms with Crippen molar-refractivity contribution in [3.63, 3.8) is 0 Å². The van der Waals surface area contributed by atoms with E-state index in [1.165, 1.54) is 5.56 Å². The molecule has 0 amide bonds. The fourth-order valence-corrected chi connectivity index (χ4v) is 2.46. The van der Waals surface area contributed by atoms with Crippen molar-refractivity contribution >= 4 is 11.8 Å². The van der Waals surface area contributed by atoms with Crippen LogP contribution in [0, 0.1) is 0 Å². The molecule has 3 aromatic rings. The van der Waals surface area contributed by atoms with Crippen molar-refractivity contribution < 1.29 is 0 Å². The van der Waals surface area contributed by atoms with E-state index in [1.54, 1.807) is 0 Å². The minimum atomic E-state index is 0.707. The Bertz CT molecular complexity index is 770. The maximum Gasteiger partial charge on any atom is 0.227 e. The van der Waals surface area contributed by atoms with Gasteiger partial charge in [0.1, 0.15) is 5.82 Å². The van der Waals surface area contributed by atoms with Crippen LogP contribution < -0.4 is 10.2 Å². The van der Waals surface area contributed by atoms with Crippen molar-refractivity contribution in [2.24, 2.45) is 0 Å². The summed E-state index contributed by atoms with van der Waals surface area (Å²) in [5.41, 5.74) is 3.33. The third kappa shape index (κ3) is 4.10. The predicted molar refractivity (Wildman–Crippen MR) is 100 cm³/mol. The molecule has 0 fully saturated rings. The third-order valence-corrected chi connectivity index (χ3v) is 3.75. The smallest absolute Gasteiger partial charge is 0.227 e. The molecule has 0 saturated carbocycles. The Morgan fingerprint density at radius 3 is 2.21 bits per heavy atom. The van der Waals surface area contributed by atoms with Crippen LogP contribution in [0.4, 0.5) is 11.8 Å². The zero-order valence-corrected chi connectivity index (χ0v) is 14.1. The van der Waals surface area contributed by atoms with Gasteiger partial charge in [-0.25, -0.2) is 4.98 Å². The van der Waals surface area contributed by atoms with Gasteiger partial charge in [-0.1, -0.05) is 60.7 Å². The van der Waals surface area contributed by atoms with E-state index in [0.717, 1.165) is 30.0 Å². The number of rotatable bonds is 6. The Kier molecular flexibility index (Phi) is 5.06. The van der Waals surface area contributed by atoms with Crippen molar-refractivity contribution in [2.75, 3.05) is 30.9 Å². The number of aromatic nitrogens is 2. The Morgan fingerprint density at radius 2 is 1.54 bits per heavy atom. The molecule has 0 spiro atoms. The molecule has 0 saturated heterocycles. The zero-order chi connectivity index (χ0) is 16.8. The first kappa shape index (κ1) is 16.0. The molecule has 0 atom stereocenters. The zero-order valence-electron chi connectivity index (χ0n) is 14.1. The number of hydrogen-bond donors (Lipinski definition) is 1. The second kappa shape index (κ2) is 7.59. The van der Waals surface area contributed by atoms with E-state index in [9.17, 15) is 0 Å². The van der Waals surface area contributed by atoms with E-state index in [-0.39, 0.29) is 0 Å². The number of benzene rings is 2. The summed E-state index contributed by atoms with van der Waals surface area (Å²) in [5.74, 6) is 1.56. The molecule has 0 radical (unpaired) electrons. The van der Waals surface area contributed by atoms with Gasteiger partial charge in [-0.2, -0.15) is 4.98 Å². The standard InChI is InChI=1S/C20H22N4/c1-24(2)20-22-18(17-11-7-4-8-12-17)15-19(23-20)21-14-13-16-9-5-3-6-10-16/h3-12,15H,13-14H2,1-2H3,(H,21,22,23). The lowest BCUT2D eigenvalue weighted by Crippen LogP contribution is -2.15. The lowest BCUT2D eigenvalue weighted by Gasteiger charge is -2.14. The third-order valence-electron chi connectivity index (χ3n) is 3.75. The highest BCUT2D eigenvalue weighted by Gasteiger charge is 2.08. The summed E-state index contributed by atoms with van der Waals surface area (Å²) < 4.78 is 0. The molecule has 0 aliphatic heterocycles. The molecule has 0 unspecified atom stereocenters. The fraction of sp³-hybridized carbons (Fsp3) is 0.200. The molecular formula is C20H22N4. The first-order chi connectivity index (χ1) is 11.7. The summed E-state index contributed by atoms with van der Waals surface area (Å²) in [6.45, 7) is 0.835. The second-order valence-corrected chi connectivity index (χ2v) is 5.86. The molecule has 1 N–H and O–H groups in total. The van der Waals surface area contributed by atoms with Crippen molar-refractivity contribution in [3.05, 3.63) is 72.3 Å². The quantitative estimate of drug-likeness (QED) is 0.749. The van der Waals surface area contributed by atoms with Crippen molar-refractivity contribution in [2.45, 2.75) is 6.42 Å². The SMILES string of the molecule is CN(C)c1nc(NCCc2ccccc2)cc(-c2ccccc2)n1. The van der Waals surface area contributed by atoms with Gasteiger partial charge in [-0.3, -0.25) is 0 Å². The molecule has 4 heteroatoms. The van der Waals surface area contributed by atoms with E-state index >= 15 is 0 Å². The van der Waals surface area contributed by atoms with Crippen LogP contribution in [0.25, 0.3) is 11.3 Å². The van der Waals surface area contributed by atoms with Gasteiger partial charge < -0.3 is 10.2 Å².